The lowest BCUT2D eigenvalue weighted by Gasteiger charge is -2.30. The van der Waals surface area contributed by atoms with E-state index in [1.54, 1.807) is 0 Å². The molecule has 0 aliphatic rings. The average Bonchev–Trinajstić information content (AvgIpc) is 2.68. The zero-order chi connectivity index (χ0) is 21.2. The number of esters is 1. The molecular formula is C26H34O3. The van der Waals surface area contributed by atoms with E-state index in [1.165, 1.54) is 0 Å². The maximum absolute atomic E-state index is 12.5. The van der Waals surface area contributed by atoms with Gasteiger partial charge in [-0.1, -0.05) is 101 Å². The van der Waals surface area contributed by atoms with Gasteiger partial charge >= 0.3 is 5.97 Å². The minimum Gasteiger partial charge on any atom is -0.462 e. The summed E-state index contributed by atoms with van der Waals surface area (Å²) in [6.07, 6.45) is 3.91. The van der Waals surface area contributed by atoms with E-state index in [0.717, 1.165) is 11.1 Å². The number of aliphatic hydroxyl groups excluding tert-OH is 1. The highest BCUT2D eigenvalue weighted by molar-refractivity contribution is 5.69. The number of carbonyl (C=O) groups excluding carboxylic acids is 1. The van der Waals surface area contributed by atoms with Gasteiger partial charge in [-0.25, -0.2) is 0 Å². The predicted octanol–water partition coefficient (Wildman–Crippen LogP) is 6.05. The lowest BCUT2D eigenvalue weighted by molar-refractivity contribution is -0.154. The molecule has 3 nitrogen and oxygen atoms in total. The summed E-state index contributed by atoms with van der Waals surface area (Å²) in [5, 5.41) is 11.2. The van der Waals surface area contributed by atoms with Gasteiger partial charge < -0.3 is 9.84 Å². The van der Waals surface area contributed by atoms with Gasteiger partial charge in [0.05, 0.1) is 6.10 Å². The van der Waals surface area contributed by atoms with Gasteiger partial charge in [-0.15, -0.1) is 0 Å². The van der Waals surface area contributed by atoms with Crippen LogP contribution in [0.15, 0.2) is 66.7 Å². The molecule has 0 aliphatic heterocycles. The average molecular weight is 395 g/mol. The Bertz CT molecular complexity index is 750. The van der Waals surface area contributed by atoms with E-state index in [4.69, 9.17) is 4.74 Å². The third-order valence-corrected chi connectivity index (χ3v) is 4.81. The Hall–Kier alpha value is -2.39. The van der Waals surface area contributed by atoms with Crippen LogP contribution in [0.4, 0.5) is 0 Å². The minimum atomic E-state index is -0.758. The van der Waals surface area contributed by atoms with Crippen molar-refractivity contribution < 1.29 is 14.6 Å². The molecule has 2 rings (SSSR count). The van der Waals surface area contributed by atoms with Crippen LogP contribution in [0.2, 0.25) is 0 Å². The summed E-state index contributed by atoms with van der Waals surface area (Å²) in [6, 6.07) is 19.6. The summed E-state index contributed by atoms with van der Waals surface area (Å²) in [5.74, 6) is 0.0298. The third-order valence-electron chi connectivity index (χ3n) is 4.81. The van der Waals surface area contributed by atoms with E-state index in [0.29, 0.717) is 18.8 Å². The topological polar surface area (TPSA) is 46.5 Å². The first-order valence-electron chi connectivity index (χ1n) is 10.5. The second-order valence-corrected chi connectivity index (χ2v) is 8.46. The molecule has 0 unspecified atom stereocenters. The number of carbonyl (C=O) groups is 1. The molecule has 2 aromatic rings. The van der Waals surface area contributed by atoms with E-state index in [1.807, 2.05) is 86.7 Å². The van der Waals surface area contributed by atoms with Gasteiger partial charge in [-0.05, 0) is 29.4 Å². The van der Waals surface area contributed by atoms with Crippen LogP contribution < -0.4 is 0 Å². The number of hydrogen-bond acceptors (Lipinski definition) is 3. The van der Waals surface area contributed by atoms with Gasteiger partial charge in [0.1, 0.15) is 6.10 Å². The van der Waals surface area contributed by atoms with E-state index in [-0.39, 0.29) is 17.8 Å². The van der Waals surface area contributed by atoms with Gasteiger partial charge in [-0.3, -0.25) is 4.79 Å². The summed E-state index contributed by atoms with van der Waals surface area (Å²) in [6.45, 7) is 8.22. The molecule has 29 heavy (non-hydrogen) atoms. The standard InChI is InChI=1S/C26H34O3/c1-19(2)17-24(29-25(27)18-20(3)4)23(16-15-21-11-7-5-8-12-21)26(28)22-13-9-6-10-14-22/h5-16,19-20,23-24,26,28H,17-18H2,1-4H3/b16-15+/t23-,24+,26+/m0/s1. The van der Waals surface area contributed by atoms with Gasteiger partial charge in [0.15, 0.2) is 0 Å². The van der Waals surface area contributed by atoms with Crippen molar-refractivity contribution in [3.63, 3.8) is 0 Å². The summed E-state index contributed by atoms with van der Waals surface area (Å²) in [5.41, 5.74) is 1.87. The summed E-state index contributed by atoms with van der Waals surface area (Å²) >= 11 is 0. The highest BCUT2D eigenvalue weighted by Crippen LogP contribution is 2.32. The van der Waals surface area contributed by atoms with E-state index in [9.17, 15) is 9.90 Å². The fourth-order valence-electron chi connectivity index (χ4n) is 3.39. The Labute approximate surface area is 175 Å². The van der Waals surface area contributed by atoms with Crippen LogP contribution in [0.5, 0.6) is 0 Å². The Balaban J connectivity index is 2.34. The van der Waals surface area contributed by atoms with Crippen molar-refractivity contribution in [1.82, 2.24) is 0 Å². The second kappa shape index (κ2) is 11.6. The Morgan fingerprint density at radius 3 is 2.07 bits per heavy atom. The molecule has 3 atom stereocenters. The Kier molecular flexibility index (Phi) is 9.14. The highest BCUT2D eigenvalue weighted by Gasteiger charge is 2.31. The van der Waals surface area contributed by atoms with Gasteiger partial charge in [-0.2, -0.15) is 0 Å². The lowest BCUT2D eigenvalue weighted by Crippen LogP contribution is -2.32. The van der Waals surface area contributed by atoms with Gasteiger partial charge in [0, 0.05) is 12.3 Å². The number of benzene rings is 2. The molecule has 0 spiro atoms. The summed E-state index contributed by atoms with van der Waals surface area (Å²) in [4.78, 5) is 12.5. The second-order valence-electron chi connectivity index (χ2n) is 8.46. The maximum atomic E-state index is 12.5. The van der Waals surface area contributed by atoms with Crippen LogP contribution in [-0.4, -0.2) is 17.2 Å². The normalized spacial score (nSPS) is 14.9. The lowest BCUT2D eigenvalue weighted by atomic mass is 9.86. The van der Waals surface area contributed by atoms with Crippen molar-refractivity contribution in [2.45, 2.75) is 52.7 Å². The van der Waals surface area contributed by atoms with Crippen LogP contribution in [0.1, 0.15) is 57.8 Å². The van der Waals surface area contributed by atoms with Crippen LogP contribution in [0, 0.1) is 17.8 Å². The van der Waals surface area contributed by atoms with Crippen LogP contribution >= 0.6 is 0 Å². The Morgan fingerprint density at radius 2 is 1.52 bits per heavy atom. The van der Waals surface area contributed by atoms with Crippen molar-refractivity contribution in [3.8, 4) is 0 Å². The van der Waals surface area contributed by atoms with Crippen molar-refractivity contribution in [2.24, 2.45) is 17.8 Å². The zero-order valence-corrected chi connectivity index (χ0v) is 18.0. The first-order chi connectivity index (χ1) is 13.9. The first-order valence-corrected chi connectivity index (χ1v) is 10.5. The number of aliphatic hydroxyl groups is 1. The summed E-state index contributed by atoms with van der Waals surface area (Å²) in [7, 11) is 0. The quantitative estimate of drug-likeness (QED) is 0.499. The monoisotopic (exact) mass is 394 g/mol. The minimum absolute atomic E-state index is 0.205. The van der Waals surface area contributed by atoms with Crippen molar-refractivity contribution in [1.29, 1.82) is 0 Å². The highest BCUT2D eigenvalue weighted by atomic mass is 16.5. The molecule has 2 aromatic carbocycles. The fourth-order valence-corrected chi connectivity index (χ4v) is 3.39. The Morgan fingerprint density at radius 1 is 0.931 bits per heavy atom. The van der Waals surface area contributed by atoms with Crippen molar-refractivity contribution in [2.75, 3.05) is 0 Å². The predicted molar refractivity (Wildman–Crippen MR) is 119 cm³/mol. The van der Waals surface area contributed by atoms with Crippen LogP contribution in [-0.2, 0) is 9.53 Å². The SMILES string of the molecule is CC(C)CC(=O)O[C@H](CC(C)C)[C@H](/C=C/c1ccccc1)[C@H](O)c1ccccc1. The molecule has 1 N–H and O–H groups in total. The molecular weight excluding hydrogens is 360 g/mol. The van der Waals surface area contributed by atoms with Crippen LogP contribution in [0.3, 0.4) is 0 Å². The molecule has 0 fully saturated rings. The summed E-state index contributed by atoms with van der Waals surface area (Å²) < 4.78 is 5.92. The number of rotatable bonds is 10. The molecule has 0 amide bonds. The number of hydrogen-bond donors (Lipinski definition) is 1. The van der Waals surface area contributed by atoms with Crippen molar-refractivity contribution >= 4 is 12.0 Å². The molecule has 0 saturated carbocycles. The fraction of sp³-hybridized carbons (Fsp3) is 0.423. The van der Waals surface area contributed by atoms with E-state index >= 15 is 0 Å². The third kappa shape index (κ3) is 7.86. The van der Waals surface area contributed by atoms with E-state index in [2.05, 4.69) is 13.8 Å². The largest absolute Gasteiger partial charge is 0.462 e. The first kappa shape index (κ1) is 22.9. The molecule has 0 bridgehead atoms. The molecule has 0 aliphatic carbocycles. The molecule has 0 radical (unpaired) electrons. The zero-order valence-electron chi connectivity index (χ0n) is 18.0. The van der Waals surface area contributed by atoms with Gasteiger partial charge in [0.25, 0.3) is 0 Å². The molecule has 0 heterocycles. The molecule has 0 saturated heterocycles. The van der Waals surface area contributed by atoms with Crippen molar-refractivity contribution in [3.05, 3.63) is 77.9 Å². The van der Waals surface area contributed by atoms with Gasteiger partial charge in [0.2, 0.25) is 0 Å². The molecule has 0 aromatic heterocycles. The molecule has 156 valence electrons. The molecule has 3 heteroatoms. The number of ether oxygens (including phenoxy) is 1. The smallest absolute Gasteiger partial charge is 0.306 e. The van der Waals surface area contributed by atoms with Crippen LogP contribution in [0.25, 0.3) is 6.08 Å². The maximum Gasteiger partial charge on any atom is 0.306 e. The van der Waals surface area contributed by atoms with E-state index < -0.39 is 12.2 Å².